The first-order chi connectivity index (χ1) is 15.0. The zero-order valence-electron chi connectivity index (χ0n) is 18.3. The quantitative estimate of drug-likeness (QED) is 0.740. The van der Waals surface area contributed by atoms with Crippen molar-refractivity contribution in [2.75, 3.05) is 31.2 Å². The standard InChI is InChI=1S/C24H31N3O4/c1-16-3-5-18(6-4-16)15-31-20-11-19(12-25-13-20)27-9-10-30-23(14-27)22-8-7-21(24(28)29)17(2)26-22/h7-8,11-13,16,18,23H,3-6,9-10,14-15H2,1-2H3,(H,28,29). The van der Waals surface area contributed by atoms with Crippen LogP contribution in [0.25, 0.3) is 0 Å². The van der Waals surface area contributed by atoms with Crippen LogP contribution in [0, 0.1) is 18.8 Å². The van der Waals surface area contributed by atoms with Crippen molar-refractivity contribution in [3.63, 3.8) is 0 Å². The molecule has 1 atom stereocenters. The third kappa shape index (κ3) is 5.34. The summed E-state index contributed by atoms with van der Waals surface area (Å²) in [7, 11) is 0. The van der Waals surface area contributed by atoms with Crippen LogP contribution in [-0.2, 0) is 4.74 Å². The van der Waals surface area contributed by atoms with E-state index in [0.717, 1.165) is 36.2 Å². The molecule has 2 aromatic rings. The fourth-order valence-electron chi connectivity index (χ4n) is 4.42. The number of nitrogens with zero attached hydrogens (tertiary/aromatic N) is 3. The molecule has 166 valence electrons. The lowest BCUT2D eigenvalue weighted by Gasteiger charge is -2.34. The van der Waals surface area contributed by atoms with Gasteiger partial charge in [0.1, 0.15) is 11.9 Å². The topological polar surface area (TPSA) is 84.8 Å². The number of carboxylic acid groups (broad SMARTS) is 1. The molecule has 7 heteroatoms. The Bertz CT molecular complexity index is 911. The number of carbonyl (C=O) groups is 1. The lowest BCUT2D eigenvalue weighted by atomic mass is 9.83. The number of morpholine rings is 1. The molecule has 2 fully saturated rings. The van der Waals surface area contributed by atoms with E-state index in [2.05, 4.69) is 21.8 Å². The average molecular weight is 426 g/mol. The summed E-state index contributed by atoms with van der Waals surface area (Å²) in [5.74, 6) is 1.32. The third-order valence-electron chi connectivity index (χ3n) is 6.42. The van der Waals surface area contributed by atoms with Crippen molar-refractivity contribution in [3.8, 4) is 5.75 Å². The molecule has 4 rings (SSSR count). The third-order valence-corrected chi connectivity index (χ3v) is 6.42. The average Bonchev–Trinajstić information content (AvgIpc) is 2.79. The highest BCUT2D eigenvalue weighted by Crippen LogP contribution is 2.30. The van der Waals surface area contributed by atoms with E-state index >= 15 is 0 Å². The van der Waals surface area contributed by atoms with E-state index in [9.17, 15) is 9.90 Å². The van der Waals surface area contributed by atoms with Crippen molar-refractivity contribution in [2.45, 2.75) is 45.6 Å². The van der Waals surface area contributed by atoms with E-state index in [1.165, 1.54) is 25.7 Å². The molecule has 0 spiro atoms. The molecule has 1 N–H and O–H groups in total. The van der Waals surface area contributed by atoms with Gasteiger partial charge in [-0.2, -0.15) is 0 Å². The van der Waals surface area contributed by atoms with Crippen LogP contribution in [0.2, 0.25) is 0 Å². The number of aromatic nitrogens is 2. The second-order valence-corrected chi connectivity index (χ2v) is 8.80. The molecule has 1 saturated carbocycles. The Hall–Kier alpha value is -2.67. The molecule has 0 radical (unpaired) electrons. The molecule has 0 amide bonds. The van der Waals surface area contributed by atoms with Gasteiger partial charge in [0.2, 0.25) is 0 Å². The highest BCUT2D eigenvalue weighted by Gasteiger charge is 2.25. The molecule has 2 aromatic heterocycles. The number of aryl methyl sites for hydroxylation is 1. The van der Waals surface area contributed by atoms with Crippen molar-refractivity contribution >= 4 is 11.7 Å². The van der Waals surface area contributed by atoms with Crippen LogP contribution in [0.15, 0.2) is 30.6 Å². The number of hydrogen-bond acceptors (Lipinski definition) is 6. The number of carboxylic acids is 1. The summed E-state index contributed by atoms with van der Waals surface area (Å²) in [5, 5.41) is 9.22. The van der Waals surface area contributed by atoms with E-state index in [1.807, 2.05) is 12.3 Å². The van der Waals surface area contributed by atoms with Crippen LogP contribution in [0.3, 0.4) is 0 Å². The number of pyridine rings is 2. The second-order valence-electron chi connectivity index (χ2n) is 8.80. The van der Waals surface area contributed by atoms with E-state index in [4.69, 9.17) is 9.47 Å². The van der Waals surface area contributed by atoms with Gasteiger partial charge >= 0.3 is 5.97 Å². The molecule has 1 aliphatic carbocycles. The summed E-state index contributed by atoms with van der Waals surface area (Å²) in [6, 6.07) is 5.39. The Morgan fingerprint density at radius 2 is 2.06 bits per heavy atom. The van der Waals surface area contributed by atoms with E-state index in [0.29, 0.717) is 24.8 Å². The van der Waals surface area contributed by atoms with Gasteiger partial charge in [-0.05, 0) is 43.7 Å². The number of anilines is 1. The zero-order valence-corrected chi connectivity index (χ0v) is 18.3. The zero-order chi connectivity index (χ0) is 21.8. The van der Waals surface area contributed by atoms with E-state index in [-0.39, 0.29) is 11.7 Å². The lowest BCUT2D eigenvalue weighted by molar-refractivity contribution is 0.0368. The maximum absolute atomic E-state index is 11.2. The van der Waals surface area contributed by atoms with Crippen molar-refractivity contribution < 1.29 is 19.4 Å². The van der Waals surface area contributed by atoms with Gasteiger partial charge in [-0.3, -0.25) is 9.97 Å². The van der Waals surface area contributed by atoms with Gasteiger partial charge in [0.05, 0.1) is 54.8 Å². The van der Waals surface area contributed by atoms with Gasteiger partial charge in [0.25, 0.3) is 0 Å². The minimum atomic E-state index is -0.964. The van der Waals surface area contributed by atoms with Gasteiger partial charge in [0.15, 0.2) is 0 Å². The van der Waals surface area contributed by atoms with Crippen LogP contribution >= 0.6 is 0 Å². The normalized spacial score (nSPS) is 24.1. The predicted octanol–water partition coefficient (Wildman–Crippen LogP) is 4.27. The Morgan fingerprint density at radius 1 is 1.26 bits per heavy atom. The fourth-order valence-corrected chi connectivity index (χ4v) is 4.42. The second kappa shape index (κ2) is 9.64. The summed E-state index contributed by atoms with van der Waals surface area (Å²) < 4.78 is 12.0. The predicted molar refractivity (Wildman–Crippen MR) is 118 cm³/mol. The summed E-state index contributed by atoms with van der Waals surface area (Å²) in [4.78, 5) is 22.3. The Kier molecular flexibility index (Phi) is 6.70. The number of hydrogen-bond donors (Lipinski definition) is 1. The van der Waals surface area contributed by atoms with Crippen LogP contribution in [-0.4, -0.2) is 47.3 Å². The van der Waals surface area contributed by atoms with Gasteiger partial charge in [-0.15, -0.1) is 0 Å². The minimum Gasteiger partial charge on any atom is -0.492 e. The molecular weight excluding hydrogens is 394 g/mol. The molecule has 2 aliphatic rings. The number of ether oxygens (including phenoxy) is 2. The molecular formula is C24H31N3O4. The van der Waals surface area contributed by atoms with E-state index in [1.54, 1.807) is 25.3 Å². The van der Waals surface area contributed by atoms with Crippen molar-refractivity contribution in [2.24, 2.45) is 11.8 Å². The molecule has 1 aliphatic heterocycles. The largest absolute Gasteiger partial charge is 0.492 e. The summed E-state index contributed by atoms with van der Waals surface area (Å²) in [6.45, 7) is 6.75. The van der Waals surface area contributed by atoms with Crippen LogP contribution < -0.4 is 9.64 Å². The molecule has 31 heavy (non-hydrogen) atoms. The van der Waals surface area contributed by atoms with Gasteiger partial charge in [-0.1, -0.05) is 19.8 Å². The first kappa shape index (κ1) is 21.6. The fraction of sp³-hybridized carbons (Fsp3) is 0.542. The van der Waals surface area contributed by atoms with Crippen LogP contribution in [0.1, 0.15) is 60.5 Å². The molecule has 1 unspecified atom stereocenters. The minimum absolute atomic E-state index is 0.218. The molecule has 0 aromatic carbocycles. The van der Waals surface area contributed by atoms with E-state index < -0.39 is 5.97 Å². The molecule has 0 bridgehead atoms. The SMILES string of the molecule is Cc1nc(C2CN(c3cncc(OCC4CCC(C)CC4)c3)CCO2)ccc1C(=O)O. The Morgan fingerprint density at radius 3 is 2.81 bits per heavy atom. The van der Waals surface area contributed by atoms with Gasteiger partial charge < -0.3 is 19.5 Å². The van der Waals surface area contributed by atoms with Crippen LogP contribution in [0.4, 0.5) is 5.69 Å². The summed E-state index contributed by atoms with van der Waals surface area (Å²) >= 11 is 0. The first-order valence-electron chi connectivity index (χ1n) is 11.1. The highest BCUT2D eigenvalue weighted by atomic mass is 16.5. The first-order valence-corrected chi connectivity index (χ1v) is 11.1. The number of aromatic carboxylic acids is 1. The molecule has 7 nitrogen and oxygen atoms in total. The summed E-state index contributed by atoms with van der Waals surface area (Å²) in [6.07, 6.45) is 8.49. The Labute approximate surface area is 183 Å². The van der Waals surface area contributed by atoms with Crippen molar-refractivity contribution in [1.29, 1.82) is 0 Å². The smallest absolute Gasteiger partial charge is 0.337 e. The molecule has 3 heterocycles. The molecule has 1 saturated heterocycles. The van der Waals surface area contributed by atoms with Gasteiger partial charge in [0, 0.05) is 12.6 Å². The lowest BCUT2D eigenvalue weighted by Crippen LogP contribution is -2.38. The maximum Gasteiger partial charge on any atom is 0.337 e. The van der Waals surface area contributed by atoms with Gasteiger partial charge in [-0.25, -0.2) is 4.79 Å². The van der Waals surface area contributed by atoms with Crippen molar-refractivity contribution in [3.05, 3.63) is 47.5 Å². The summed E-state index contributed by atoms with van der Waals surface area (Å²) in [5.41, 5.74) is 2.47. The Balaban J connectivity index is 1.39. The highest BCUT2D eigenvalue weighted by molar-refractivity contribution is 5.88. The van der Waals surface area contributed by atoms with Crippen molar-refractivity contribution in [1.82, 2.24) is 9.97 Å². The maximum atomic E-state index is 11.2. The number of rotatable bonds is 6. The monoisotopic (exact) mass is 425 g/mol. The van der Waals surface area contributed by atoms with Crippen LogP contribution in [0.5, 0.6) is 5.75 Å².